The molecule has 0 spiro atoms. The Kier molecular flexibility index (Phi) is 4.92. The van der Waals surface area contributed by atoms with E-state index in [1.54, 1.807) is 36.4 Å². The summed E-state index contributed by atoms with van der Waals surface area (Å²) in [5.41, 5.74) is 1.50. The van der Waals surface area contributed by atoms with Crippen LogP contribution in [-0.4, -0.2) is 11.6 Å². The zero-order valence-corrected chi connectivity index (χ0v) is 12.8. The number of halogens is 1. The standard InChI is InChI=1S/C18H17ClO2/c1-12(14-8-10-16(19)11-9-14)17(13(2)20)18(21)15-6-4-3-5-7-15/h3-12,17H,1-2H3. The van der Waals surface area contributed by atoms with Crippen molar-refractivity contribution in [3.8, 4) is 0 Å². The fourth-order valence-electron chi connectivity index (χ4n) is 2.50. The number of hydrogen-bond acceptors (Lipinski definition) is 2. The molecule has 0 bridgehead atoms. The highest BCUT2D eigenvalue weighted by Crippen LogP contribution is 2.29. The molecule has 2 nitrogen and oxygen atoms in total. The number of rotatable bonds is 5. The van der Waals surface area contributed by atoms with E-state index in [2.05, 4.69) is 0 Å². The summed E-state index contributed by atoms with van der Waals surface area (Å²) >= 11 is 5.88. The Morgan fingerprint density at radius 3 is 2.05 bits per heavy atom. The predicted molar refractivity (Wildman–Crippen MR) is 84.8 cm³/mol. The summed E-state index contributed by atoms with van der Waals surface area (Å²) in [6.45, 7) is 3.37. The van der Waals surface area contributed by atoms with Gasteiger partial charge in [0.2, 0.25) is 0 Å². The summed E-state index contributed by atoms with van der Waals surface area (Å²) in [6.07, 6.45) is 0. The number of carbonyl (C=O) groups is 2. The summed E-state index contributed by atoms with van der Waals surface area (Å²) in [4.78, 5) is 24.6. The lowest BCUT2D eigenvalue weighted by Crippen LogP contribution is -2.27. The van der Waals surface area contributed by atoms with Crippen LogP contribution in [0, 0.1) is 5.92 Å². The lowest BCUT2D eigenvalue weighted by atomic mass is 9.80. The molecule has 0 saturated carbocycles. The third-order valence-electron chi connectivity index (χ3n) is 3.67. The first-order valence-electron chi connectivity index (χ1n) is 6.86. The van der Waals surface area contributed by atoms with E-state index >= 15 is 0 Å². The van der Waals surface area contributed by atoms with Gasteiger partial charge in [0.05, 0.1) is 5.92 Å². The molecule has 0 aliphatic rings. The molecule has 2 atom stereocenters. The van der Waals surface area contributed by atoms with Gasteiger partial charge in [-0.2, -0.15) is 0 Å². The Morgan fingerprint density at radius 1 is 0.952 bits per heavy atom. The van der Waals surface area contributed by atoms with Crippen molar-refractivity contribution >= 4 is 23.2 Å². The van der Waals surface area contributed by atoms with E-state index in [9.17, 15) is 9.59 Å². The lowest BCUT2D eigenvalue weighted by molar-refractivity contribution is -0.119. The average molecular weight is 301 g/mol. The van der Waals surface area contributed by atoms with Crippen molar-refractivity contribution < 1.29 is 9.59 Å². The van der Waals surface area contributed by atoms with Crippen molar-refractivity contribution in [2.45, 2.75) is 19.8 Å². The van der Waals surface area contributed by atoms with E-state index < -0.39 is 5.92 Å². The van der Waals surface area contributed by atoms with Crippen molar-refractivity contribution in [1.82, 2.24) is 0 Å². The highest BCUT2D eigenvalue weighted by Gasteiger charge is 2.30. The zero-order chi connectivity index (χ0) is 15.4. The molecule has 0 radical (unpaired) electrons. The van der Waals surface area contributed by atoms with Gasteiger partial charge in [-0.05, 0) is 30.5 Å². The summed E-state index contributed by atoms with van der Waals surface area (Å²) in [7, 11) is 0. The van der Waals surface area contributed by atoms with Gasteiger partial charge in [0.25, 0.3) is 0 Å². The third-order valence-corrected chi connectivity index (χ3v) is 3.93. The molecular formula is C18H17ClO2. The molecule has 2 aromatic carbocycles. The number of hydrogen-bond donors (Lipinski definition) is 0. The molecule has 0 heterocycles. The maximum absolute atomic E-state index is 12.6. The third kappa shape index (κ3) is 3.59. The van der Waals surface area contributed by atoms with Crippen molar-refractivity contribution in [3.05, 3.63) is 70.7 Å². The van der Waals surface area contributed by atoms with Crippen LogP contribution in [0.1, 0.15) is 35.7 Å². The fourth-order valence-corrected chi connectivity index (χ4v) is 2.63. The van der Waals surface area contributed by atoms with Crippen molar-refractivity contribution in [2.75, 3.05) is 0 Å². The fraction of sp³-hybridized carbons (Fsp3) is 0.222. The van der Waals surface area contributed by atoms with E-state index in [4.69, 9.17) is 11.6 Å². The minimum Gasteiger partial charge on any atom is -0.299 e. The first kappa shape index (κ1) is 15.5. The van der Waals surface area contributed by atoms with E-state index in [0.717, 1.165) is 5.56 Å². The van der Waals surface area contributed by atoms with Crippen molar-refractivity contribution in [3.63, 3.8) is 0 Å². The van der Waals surface area contributed by atoms with Gasteiger partial charge in [0.1, 0.15) is 5.78 Å². The van der Waals surface area contributed by atoms with Crippen LogP contribution in [0.25, 0.3) is 0 Å². The number of benzene rings is 2. The van der Waals surface area contributed by atoms with Crippen molar-refractivity contribution in [2.24, 2.45) is 5.92 Å². The second-order valence-corrected chi connectivity index (χ2v) is 5.60. The minimum absolute atomic E-state index is 0.119. The number of carbonyl (C=O) groups excluding carboxylic acids is 2. The molecule has 21 heavy (non-hydrogen) atoms. The van der Waals surface area contributed by atoms with Gasteiger partial charge in [0, 0.05) is 10.6 Å². The van der Waals surface area contributed by atoms with E-state index in [1.165, 1.54) is 6.92 Å². The number of ketones is 2. The molecular weight excluding hydrogens is 284 g/mol. The summed E-state index contributed by atoms with van der Waals surface area (Å²) < 4.78 is 0. The van der Waals surface area contributed by atoms with Crippen LogP contribution < -0.4 is 0 Å². The maximum atomic E-state index is 12.6. The van der Waals surface area contributed by atoms with Crippen LogP contribution in [0.2, 0.25) is 5.02 Å². The Bertz CT molecular complexity index is 632. The van der Waals surface area contributed by atoms with E-state index in [1.807, 2.05) is 25.1 Å². The first-order valence-corrected chi connectivity index (χ1v) is 7.23. The summed E-state index contributed by atoms with van der Waals surface area (Å²) in [5.74, 6) is -1.11. The van der Waals surface area contributed by atoms with Gasteiger partial charge in [-0.1, -0.05) is 61.0 Å². The van der Waals surface area contributed by atoms with Crippen molar-refractivity contribution in [1.29, 1.82) is 0 Å². The second kappa shape index (κ2) is 6.68. The van der Waals surface area contributed by atoms with Gasteiger partial charge < -0.3 is 0 Å². The van der Waals surface area contributed by atoms with Gasteiger partial charge in [-0.3, -0.25) is 9.59 Å². The minimum atomic E-state index is -0.673. The van der Waals surface area contributed by atoms with Crippen LogP contribution in [0.3, 0.4) is 0 Å². The quantitative estimate of drug-likeness (QED) is 0.600. The lowest BCUT2D eigenvalue weighted by Gasteiger charge is -2.21. The average Bonchev–Trinajstić information content (AvgIpc) is 2.48. The first-order chi connectivity index (χ1) is 10.0. The van der Waals surface area contributed by atoms with Gasteiger partial charge in [-0.25, -0.2) is 0 Å². The normalized spacial score (nSPS) is 13.5. The largest absolute Gasteiger partial charge is 0.299 e. The molecule has 108 valence electrons. The van der Waals surface area contributed by atoms with Gasteiger partial charge in [-0.15, -0.1) is 0 Å². The van der Waals surface area contributed by atoms with Crippen LogP contribution in [0.4, 0.5) is 0 Å². The highest BCUT2D eigenvalue weighted by molar-refractivity contribution is 6.30. The Labute approximate surface area is 129 Å². The Morgan fingerprint density at radius 2 is 1.52 bits per heavy atom. The molecule has 0 aliphatic heterocycles. The summed E-state index contributed by atoms with van der Waals surface area (Å²) in [5, 5.41) is 0.639. The van der Waals surface area contributed by atoms with E-state index in [-0.39, 0.29) is 17.5 Å². The highest BCUT2D eigenvalue weighted by atomic mass is 35.5. The molecule has 3 heteroatoms. The topological polar surface area (TPSA) is 34.1 Å². The van der Waals surface area contributed by atoms with Gasteiger partial charge >= 0.3 is 0 Å². The molecule has 0 N–H and O–H groups in total. The van der Waals surface area contributed by atoms with Crippen LogP contribution in [0.5, 0.6) is 0 Å². The maximum Gasteiger partial charge on any atom is 0.173 e. The molecule has 2 rings (SSSR count). The second-order valence-electron chi connectivity index (χ2n) is 5.16. The SMILES string of the molecule is CC(=O)C(C(=O)c1ccccc1)C(C)c1ccc(Cl)cc1. The number of Topliss-reactive ketones (excluding diaryl/α,β-unsaturated/α-hetero) is 2. The van der Waals surface area contributed by atoms with Crippen LogP contribution >= 0.6 is 11.6 Å². The Hall–Kier alpha value is -1.93. The molecule has 0 fully saturated rings. The zero-order valence-electron chi connectivity index (χ0n) is 12.0. The molecule has 0 saturated heterocycles. The van der Waals surface area contributed by atoms with Crippen LogP contribution in [0.15, 0.2) is 54.6 Å². The molecule has 0 amide bonds. The predicted octanol–water partition coefficient (Wildman–Crippen LogP) is 4.53. The molecule has 0 aliphatic carbocycles. The molecule has 0 aromatic heterocycles. The van der Waals surface area contributed by atoms with Crippen LogP contribution in [-0.2, 0) is 4.79 Å². The molecule has 2 unspecified atom stereocenters. The van der Waals surface area contributed by atoms with E-state index in [0.29, 0.717) is 10.6 Å². The Balaban J connectivity index is 2.33. The smallest absolute Gasteiger partial charge is 0.173 e. The van der Waals surface area contributed by atoms with Gasteiger partial charge in [0.15, 0.2) is 5.78 Å². The summed E-state index contributed by atoms with van der Waals surface area (Å²) in [6, 6.07) is 16.2. The monoisotopic (exact) mass is 300 g/mol. The molecule has 2 aromatic rings.